The van der Waals surface area contributed by atoms with Gasteiger partial charge in [-0.25, -0.2) is 13.1 Å². The predicted octanol–water partition coefficient (Wildman–Crippen LogP) is 4.72. The maximum atomic E-state index is 12.9. The number of hydrogen-bond acceptors (Lipinski definition) is 4. The SMILES string of the molecule is CC(C)C(NS(=O)(=O)c1ccc2c(c1)sc(=O)n2Cc1ccc(Cl)cc1)C(C)C. The summed E-state index contributed by atoms with van der Waals surface area (Å²) in [5.74, 6) is 0.343. The number of fused-ring (bicyclic) bond motifs is 1. The van der Waals surface area contributed by atoms with Gasteiger partial charge in [0.05, 0.1) is 21.7 Å². The summed E-state index contributed by atoms with van der Waals surface area (Å²) in [5, 5.41) is 0.639. The first-order valence-corrected chi connectivity index (χ1v) is 12.2. The van der Waals surface area contributed by atoms with Crippen molar-refractivity contribution in [3.8, 4) is 0 Å². The molecule has 29 heavy (non-hydrogen) atoms. The van der Waals surface area contributed by atoms with Crippen molar-refractivity contribution in [2.75, 3.05) is 0 Å². The average molecular weight is 453 g/mol. The van der Waals surface area contributed by atoms with E-state index in [0.717, 1.165) is 22.4 Å². The van der Waals surface area contributed by atoms with E-state index in [-0.39, 0.29) is 27.6 Å². The van der Waals surface area contributed by atoms with E-state index in [4.69, 9.17) is 11.6 Å². The highest BCUT2D eigenvalue weighted by Crippen LogP contribution is 2.24. The molecule has 8 heteroatoms. The van der Waals surface area contributed by atoms with Gasteiger partial charge < -0.3 is 0 Å². The molecule has 156 valence electrons. The summed E-state index contributed by atoms with van der Waals surface area (Å²) in [6.45, 7) is 8.40. The first-order chi connectivity index (χ1) is 13.6. The number of halogens is 1. The molecule has 1 heterocycles. The Bertz CT molecular complexity index is 1150. The summed E-state index contributed by atoms with van der Waals surface area (Å²) >= 11 is 6.98. The number of sulfonamides is 1. The zero-order valence-corrected chi connectivity index (χ0v) is 19.2. The van der Waals surface area contributed by atoms with Crippen molar-refractivity contribution in [1.29, 1.82) is 0 Å². The number of hydrogen-bond donors (Lipinski definition) is 1. The Morgan fingerprint density at radius 3 is 2.24 bits per heavy atom. The van der Waals surface area contributed by atoms with Gasteiger partial charge >= 0.3 is 4.87 Å². The average Bonchev–Trinajstić information content (AvgIpc) is 2.96. The standard InChI is InChI=1S/C21H25ClN2O3S2/c1-13(2)20(14(3)4)23-29(26,27)17-9-10-18-19(11-17)28-21(25)24(18)12-15-5-7-16(22)8-6-15/h5-11,13-14,20,23H,12H2,1-4H3. The van der Waals surface area contributed by atoms with Crippen molar-refractivity contribution >= 4 is 43.2 Å². The van der Waals surface area contributed by atoms with Crippen molar-refractivity contribution < 1.29 is 8.42 Å². The first-order valence-electron chi connectivity index (χ1n) is 9.48. The van der Waals surface area contributed by atoms with Gasteiger partial charge in [0.25, 0.3) is 0 Å². The van der Waals surface area contributed by atoms with E-state index in [2.05, 4.69) is 4.72 Å². The van der Waals surface area contributed by atoms with E-state index in [1.165, 1.54) is 0 Å². The highest BCUT2D eigenvalue weighted by atomic mass is 35.5. The van der Waals surface area contributed by atoms with Gasteiger partial charge in [-0.2, -0.15) is 0 Å². The second-order valence-electron chi connectivity index (χ2n) is 7.85. The monoisotopic (exact) mass is 452 g/mol. The fourth-order valence-electron chi connectivity index (χ4n) is 3.43. The topological polar surface area (TPSA) is 68.2 Å². The molecule has 3 aromatic rings. The Kier molecular flexibility index (Phi) is 6.53. The predicted molar refractivity (Wildman–Crippen MR) is 120 cm³/mol. The third-order valence-corrected chi connectivity index (χ3v) is 7.58. The molecule has 0 aliphatic carbocycles. The Balaban J connectivity index is 1.95. The third-order valence-electron chi connectivity index (χ3n) is 4.93. The maximum Gasteiger partial charge on any atom is 0.308 e. The number of nitrogens with zero attached hydrogens (tertiary/aromatic N) is 1. The number of rotatable bonds is 7. The van der Waals surface area contributed by atoms with Gasteiger partial charge in [0.1, 0.15) is 0 Å². The number of benzene rings is 2. The molecule has 0 atom stereocenters. The molecular formula is C21H25ClN2O3S2. The van der Waals surface area contributed by atoms with Crippen molar-refractivity contribution in [1.82, 2.24) is 9.29 Å². The van der Waals surface area contributed by atoms with Crippen molar-refractivity contribution in [3.05, 3.63) is 62.7 Å². The van der Waals surface area contributed by atoms with E-state index >= 15 is 0 Å². The quantitative estimate of drug-likeness (QED) is 0.563. The number of thiazole rings is 1. The molecule has 0 saturated carbocycles. The van der Waals surface area contributed by atoms with E-state index < -0.39 is 10.0 Å². The lowest BCUT2D eigenvalue weighted by Gasteiger charge is -2.25. The van der Waals surface area contributed by atoms with Gasteiger partial charge in [0, 0.05) is 11.1 Å². The van der Waals surface area contributed by atoms with E-state index in [9.17, 15) is 13.2 Å². The highest BCUT2D eigenvalue weighted by molar-refractivity contribution is 7.89. The Morgan fingerprint density at radius 2 is 1.66 bits per heavy atom. The van der Waals surface area contributed by atoms with Crippen LogP contribution in [-0.4, -0.2) is 19.0 Å². The van der Waals surface area contributed by atoms with Gasteiger partial charge in [-0.3, -0.25) is 9.36 Å². The molecule has 0 spiro atoms. The molecule has 0 aliphatic heterocycles. The van der Waals surface area contributed by atoms with Crippen LogP contribution in [0.1, 0.15) is 33.3 Å². The zero-order chi connectivity index (χ0) is 21.3. The lowest BCUT2D eigenvalue weighted by Crippen LogP contribution is -2.42. The number of aromatic nitrogens is 1. The summed E-state index contributed by atoms with van der Waals surface area (Å²) < 4.78 is 30.9. The van der Waals surface area contributed by atoms with E-state index in [1.807, 2.05) is 39.8 Å². The Morgan fingerprint density at radius 1 is 1.03 bits per heavy atom. The Labute approximate surface area is 180 Å². The van der Waals surface area contributed by atoms with Crippen LogP contribution >= 0.6 is 22.9 Å². The molecule has 0 radical (unpaired) electrons. The van der Waals surface area contributed by atoms with Crippen LogP contribution in [0.3, 0.4) is 0 Å². The van der Waals surface area contributed by atoms with Crippen molar-refractivity contribution in [3.63, 3.8) is 0 Å². The first kappa shape index (κ1) is 22.0. The highest BCUT2D eigenvalue weighted by Gasteiger charge is 2.25. The molecule has 0 saturated heterocycles. The van der Waals surface area contributed by atoms with Gasteiger partial charge in [-0.1, -0.05) is 62.8 Å². The summed E-state index contributed by atoms with van der Waals surface area (Å²) in [5.41, 5.74) is 1.67. The molecular weight excluding hydrogens is 428 g/mol. The van der Waals surface area contributed by atoms with Gasteiger partial charge in [0.15, 0.2) is 0 Å². The van der Waals surface area contributed by atoms with Crippen LogP contribution in [-0.2, 0) is 16.6 Å². The van der Waals surface area contributed by atoms with Crippen LogP contribution in [0.4, 0.5) is 0 Å². The molecule has 0 aliphatic rings. The van der Waals surface area contributed by atoms with Crippen LogP contribution in [0.5, 0.6) is 0 Å². The maximum absolute atomic E-state index is 12.9. The summed E-state index contributed by atoms with van der Waals surface area (Å²) in [4.78, 5) is 12.6. The molecule has 3 rings (SSSR count). The van der Waals surface area contributed by atoms with E-state index in [0.29, 0.717) is 16.3 Å². The van der Waals surface area contributed by atoms with Gasteiger partial charge in [0.2, 0.25) is 10.0 Å². The summed E-state index contributed by atoms with van der Waals surface area (Å²) in [7, 11) is -3.68. The fourth-order valence-corrected chi connectivity index (χ4v) is 6.11. The van der Waals surface area contributed by atoms with Crippen LogP contribution in [0.2, 0.25) is 5.02 Å². The largest absolute Gasteiger partial charge is 0.308 e. The normalized spacial score (nSPS) is 12.6. The van der Waals surface area contributed by atoms with Crippen molar-refractivity contribution in [2.24, 2.45) is 11.8 Å². The smallest absolute Gasteiger partial charge is 0.294 e. The second kappa shape index (κ2) is 8.60. The molecule has 1 N–H and O–H groups in total. The van der Waals surface area contributed by atoms with Crippen LogP contribution in [0.15, 0.2) is 52.2 Å². The summed E-state index contributed by atoms with van der Waals surface area (Å²) in [6.07, 6.45) is 0. The minimum absolute atomic E-state index is 0.125. The third kappa shape index (κ3) is 4.91. The van der Waals surface area contributed by atoms with Crippen LogP contribution < -0.4 is 9.60 Å². The molecule has 0 amide bonds. The lowest BCUT2D eigenvalue weighted by atomic mass is 9.94. The van der Waals surface area contributed by atoms with Crippen molar-refractivity contribution in [2.45, 2.75) is 45.2 Å². The number of nitrogens with one attached hydrogen (secondary N) is 1. The second-order valence-corrected chi connectivity index (χ2v) is 11.0. The lowest BCUT2D eigenvalue weighted by molar-refractivity contribution is 0.355. The van der Waals surface area contributed by atoms with Crippen LogP contribution in [0, 0.1) is 11.8 Å². The zero-order valence-electron chi connectivity index (χ0n) is 16.8. The summed E-state index contributed by atoms with van der Waals surface area (Å²) in [6, 6.07) is 12.0. The molecule has 0 fully saturated rings. The van der Waals surface area contributed by atoms with Gasteiger partial charge in [-0.15, -0.1) is 0 Å². The Hall–Kier alpha value is -1.67. The minimum atomic E-state index is -3.68. The van der Waals surface area contributed by atoms with E-state index in [1.54, 1.807) is 34.9 Å². The molecule has 0 bridgehead atoms. The molecule has 0 unspecified atom stereocenters. The minimum Gasteiger partial charge on any atom is -0.294 e. The molecule has 5 nitrogen and oxygen atoms in total. The van der Waals surface area contributed by atoms with Crippen LogP contribution in [0.25, 0.3) is 10.2 Å². The van der Waals surface area contributed by atoms with Gasteiger partial charge in [-0.05, 0) is 47.7 Å². The fraction of sp³-hybridized carbons (Fsp3) is 0.381. The molecule has 1 aromatic heterocycles. The molecule has 2 aromatic carbocycles.